The molecule has 88 valence electrons. The highest BCUT2D eigenvalue weighted by Crippen LogP contribution is 2.26. The van der Waals surface area contributed by atoms with Crippen LogP contribution in [0.15, 0.2) is 28.7 Å². The van der Waals surface area contributed by atoms with E-state index in [1.165, 1.54) is 12.1 Å². The van der Waals surface area contributed by atoms with Gasteiger partial charge in [0.05, 0.1) is 11.6 Å². The fraction of sp³-hybridized carbons (Fsp3) is 0.167. The van der Waals surface area contributed by atoms with Crippen LogP contribution < -0.4 is 0 Å². The molecule has 0 aliphatic rings. The monoisotopic (exact) mass is 314 g/mol. The van der Waals surface area contributed by atoms with Gasteiger partial charge >= 0.3 is 0 Å². The summed E-state index contributed by atoms with van der Waals surface area (Å²) in [4.78, 5) is 8.57. The van der Waals surface area contributed by atoms with Crippen LogP contribution in [0.5, 0.6) is 0 Å². The molecule has 2 nitrogen and oxygen atoms in total. The third-order valence-electron chi connectivity index (χ3n) is 2.21. The van der Waals surface area contributed by atoms with Gasteiger partial charge in [0.25, 0.3) is 0 Å². The molecule has 17 heavy (non-hydrogen) atoms. The van der Waals surface area contributed by atoms with E-state index in [0.29, 0.717) is 17.3 Å². The maximum Gasteiger partial charge on any atom is 0.160 e. The Labute approximate surface area is 112 Å². The summed E-state index contributed by atoms with van der Waals surface area (Å²) in [6.07, 6.45) is 0. The summed E-state index contributed by atoms with van der Waals surface area (Å²) in [6.45, 7) is 1.86. The summed E-state index contributed by atoms with van der Waals surface area (Å²) in [5.74, 6) is 0.469. The molecule has 0 radical (unpaired) electrons. The number of hydrogen-bond donors (Lipinski definition) is 0. The lowest BCUT2D eigenvalue weighted by Gasteiger charge is -2.06. The topological polar surface area (TPSA) is 25.8 Å². The number of hydrogen-bond acceptors (Lipinski definition) is 2. The maximum atomic E-state index is 13.2. The van der Waals surface area contributed by atoms with Crippen LogP contribution in [0.3, 0.4) is 0 Å². The molecule has 0 saturated carbocycles. The van der Waals surface area contributed by atoms with Crippen LogP contribution in [0.4, 0.5) is 4.39 Å². The van der Waals surface area contributed by atoms with Crippen LogP contribution in [-0.2, 0) is 5.88 Å². The zero-order valence-corrected chi connectivity index (χ0v) is 11.4. The molecule has 5 heteroatoms. The van der Waals surface area contributed by atoms with Crippen LogP contribution in [0.25, 0.3) is 11.4 Å². The third kappa shape index (κ3) is 2.82. The predicted octanol–water partition coefficient (Wildman–Crippen LogP) is 4.09. The molecule has 0 bridgehead atoms. The average Bonchev–Trinajstić information content (AvgIpc) is 2.31. The summed E-state index contributed by atoms with van der Waals surface area (Å²) in [7, 11) is 0. The van der Waals surface area contributed by atoms with Crippen LogP contribution in [0.1, 0.15) is 11.4 Å². The molecule has 2 aromatic rings. The van der Waals surface area contributed by atoms with Gasteiger partial charge < -0.3 is 0 Å². The number of alkyl halides is 1. The zero-order valence-electron chi connectivity index (χ0n) is 9.04. The molecule has 0 unspecified atom stereocenters. The SMILES string of the molecule is Cc1cc(CCl)nc(-c2cc(F)ccc2Br)n1. The van der Waals surface area contributed by atoms with Crippen molar-refractivity contribution >= 4 is 27.5 Å². The van der Waals surface area contributed by atoms with Gasteiger partial charge in [-0.1, -0.05) is 15.9 Å². The smallest absolute Gasteiger partial charge is 0.160 e. The normalized spacial score (nSPS) is 10.6. The lowest BCUT2D eigenvalue weighted by molar-refractivity contribution is 0.628. The highest BCUT2D eigenvalue weighted by Gasteiger charge is 2.09. The van der Waals surface area contributed by atoms with E-state index in [4.69, 9.17) is 11.6 Å². The van der Waals surface area contributed by atoms with Gasteiger partial charge in [0.1, 0.15) is 5.82 Å². The van der Waals surface area contributed by atoms with Crippen molar-refractivity contribution in [2.45, 2.75) is 12.8 Å². The number of aryl methyl sites for hydroxylation is 1. The van der Waals surface area contributed by atoms with Crippen molar-refractivity contribution < 1.29 is 4.39 Å². The first kappa shape index (κ1) is 12.5. The van der Waals surface area contributed by atoms with E-state index in [2.05, 4.69) is 25.9 Å². The molecule has 1 aromatic heterocycles. The summed E-state index contributed by atoms with van der Waals surface area (Å²) in [5.41, 5.74) is 2.16. The predicted molar refractivity (Wildman–Crippen MR) is 69.4 cm³/mol. The van der Waals surface area contributed by atoms with Crippen LogP contribution >= 0.6 is 27.5 Å². The first-order valence-electron chi connectivity index (χ1n) is 4.96. The molecular formula is C12H9BrClFN2. The van der Waals surface area contributed by atoms with Gasteiger partial charge in [0.15, 0.2) is 5.82 Å². The molecule has 2 rings (SSSR count). The largest absolute Gasteiger partial charge is 0.233 e. The maximum absolute atomic E-state index is 13.2. The van der Waals surface area contributed by atoms with Gasteiger partial charge in [-0.25, -0.2) is 14.4 Å². The minimum absolute atomic E-state index is 0.309. The number of aromatic nitrogens is 2. The molecule has 0 saturated heterocycles. The second-order valence-electron chi connectivity index (χ2n) is 3.58. The van der Waals surface area contributed by atoms with Crippen molar-refractivity contribution in [2.24, 2.45) is 0 Å². The molecule has 1 aromatic carbocycles. The van der Waals surface area contributed by atoms with Crippen molar-refractivity contribution in [1.82, 2.24) is 9.97 Å². The minimum atomic E-state index is -0.319. The molecule has 0 N–H and O–H groups in total. The summed E-state index contributed by atoms with van der Waals surface area (Å²) >= 11 is 9.11. The van der Waals surface area contributed by atoms with E-state index in [-0.39, 0.29) is 5.82 Å². The van der Waals surface area contributed by atoms with Crippen molar-refractivity contribution in [2.75, 3.05) is 0 Å². The minimum Gasteiger partial charge on any atom is -0.233 e. The molecule has 0 fully saturated rings. The Morgan fingerprint density at radius 3 is 2.76 bits per heavy atom. The van der Waals surface area contributed by atoms with Gasteiger partial charge in [-0.2, -0.15) is 0 Å². The highest BCUT2D eigenvalue weighted by atomic mass is 79.9. The molecule has 0 atom stereocenters. The lowest BCUT2D eigenvalue weighted by Crippen LogP contribution is -1.97. The van der Waals surface area contributed by atoms with E-state index in [9.17, 15) is 4.39 Å². The van der Waals surface area contributed by atoms with E-state index < -0.39 is 0 Å². The summed E-state index contributed by atoms with van der Waals surface area (Å²) in [6, 6.07) is 6.23. The van der Waals surface area contributed by atoms with E-state index in [1.807, 2.05) is 13.0 Å². The highest BCUT2D eigenvalue weighted by molar-refractivity contribution is 9.10. The van der Waals surface area contributed by atoms with Crippen LogP contribution in [0, 0.1) is 12.7 Å². The number of rotatable bonds is 2. The Bertz CT molecular complexity index is 560. The number of nitrogens with zero attached hydrogens (tertiary/aromatic N) is 2. The standard InChI is InChI=1S/C12H9BrClFN2/c1-7-4-9(6-14)17-12(16-7)10-5-8(15)2-3-11(10)13/h2-5H,6H2,1H3. The first-order chi connectivity index (χ1) is 8.10. The molecule has 0 aliphatic heterocycles. The van der Waals surface area contributed by atoms with Crippen molar-refractivity contribution in [1.29, 1.82) is 0 Å². The van der Waals surface area contributed by atoms with Gasteiger partial charge in [0, 0.05) is 15.7 Å². The Kier molecular flexibility index (Phi) is 3.74. The van der Waals surface area contributed by atoms with E-state index in [0.717, 1.165) is 15.9 Å². The molecule has 1 heterocycles. The van der Waals surface area contributed by atoms with Crippen molar-refractivity contribution in [3.05, 3.63) is 45.9 Å². The van der Waals surface area contributed by atoms with E-state index >= 15 is 0 Å². The Hall–Kier alpha value is -1.000. The fourth-order valence-electron chi connectivity index (χ4n) is 1.49. The first-order valence-corrected chi connectivity index (χ1v) is 6.29. The van der Waals surface area contributed by atoms with Crippen molar-refractivity contribution in [3.8, 4) is 11.4 Å². The summed E-state index contributed by atoms with van der Waals surface area (Å²) < 4.78 is 14.0. The lowest BCUT2D eigenvalue weighted by atomic mass is 10.2. The number of halogens is 3. The molecule has 0 aliphatic carbocycles. The van der Waals surface area contributed by atoms with Gasteiger partial charge in [0.2, 0.25) is 0 Å². The average molecular weight is 316 g/mol. The second kappa shape index (κ2) is 5.10. The Morgan fingerprint density at radius 1 is 1.29 bits per heavy atom. The second-order valence-corrected chi connectivity index (χ2v) is 4.70. The Balaban J connectivity index is 2.59. The third-order valence-corrected chi connectivity index (χ3v) is 3.18. The summed E-state index contributed by atoms with van der Waals surface area (Å²) in [5, 5.41) is 0. The van der Waals surface area contributed by atoms with E-state index in [1.54, 1.807) is 6.07 Å². The van der Waals surface area contributed by atoms with Crippen LogP contribution in [-0.4, -0.2) is 9.97 Å². The van der Waals surface area contributed by atoms with Gasteiger partial charge in [-0.15, -0.1) is 11.6 Å². The fourth-order valence-corrected chi connectivity index (χ4v) is 2.05. The van der Waals surface area contributed by atoms with Crippen molar-refractivity contribution in [3.63, 3.8) is 0 Å². The number of benzene rings is 1. The molecular weight excluding hydrogens is 307 g/mol. The zero-order chi connectivity index (χ0) is 12.4. The van der Waals surface area contributed by atoms with Gasteiger partial charge in [-0.3, -0.25) is 0 Å². The quantitative estimate of drug-likeness (QED) is 0.780. The van der Waals surface area contributed by atoms with Crippen LogP contribution in [0.2, 0.25) is 0 Å². The molecule has 0 amide bonds. The molecule has 0 spiro atoms. The Morgan fingerprint density at radius 2 is 2.06 bits per heavy atom. The van der Waals surface area contributed by atoms with Gasteiger partial charge in [-0.05, 0) is 31.2 Å².